The molecule has 2 N–H and O–H groups in total. The van der Waals surface area contributed by atoms with E-state index >= 15 is 0 Å². The van der Waals surface area contributed by atoms with E-state index < -0.39 is 39.6 Å². The Labute approximate surface area is 273 Å². The second kappa shape index (κ2) is 14.0. The Morgan fingerprint density at radius 1 is 1.07 bits per heavy atom. The summed E-state index contributed by atoms with van der Waals surface area (Å²) < 4.78 is 83.6. The minimum Gasteiger partial charge on any atom is -0.390 e. The van der Waals surface area contributed by atoms with Crippen LogP contribution in [0.15, 0.2) is 23.1 Å². The van der Waals surface area contributed by atoms with Crippen LogP contribution in [0.4, 0.5) is 17.6 Å². The molecule has 0 aliphatic carbocycles. The number of aromatic nitrogens is 2. The van der Waals surface area contributed by atoms with Gasteiger partial charge in [0.1, 0.15) is 6.17 Å². The van der Waals surface area contributed by atoms with Gasteiger partial charge in [0.05, 0.1) is 35.8 Å². The summed E-state index contributed by atoms with van der Waals surface area (Å²) in [5, 5.41) is 26.2. The molecular formula is C31H45F4N5O4S2. The maximum atomic E-state index is 14.0. The Bertz CT molecular complexity index is 1470. The molecule has 0 radical (unpaired) electrons. The average Bonchev–Trinajstić information content (AvgIpc) is 3.54. The van der Waals surface area contributed by atoms with Crippen molar-refractivity contribution in [3.8, 4) is 11.3 Å². The van der Waals surface area contributed by atoms with Crippen LogP contribution in [0.1, 0.15) is 49.9 Å². The van der Waals surface area contributed by atoms with Crippen molar-refractivity contribution in [3.63, 3.8) is 0 Å². The maximum absolute atomic E-state index is 14.0. The van der Waals surface area contributed by atoms with Crippen molar-refractivity contribution < 1.29 is 36.2 Å². The Balaban J connectivity index is 1.39. The van der Waals surface area contributed by atoms with E-state index in [2.05, 4.69) is 4.90 Å². The summed E-state index contributed by atoms with van der Waals surface area (Å²) >= 11 is 1.07. The molecule has 2 saturated heterocycles. The molecule has 0 amide bonds. The normalized spacial score (nSPS) is 22.0. The fourth-order valence-corrected chi connectivity index (χ4v) is 8.71. The van der Waals surface area contributed by atoms with Gasteiger partial charge in [-0.05, 0) is 64.3 Å². The highest BCUT2D eigenvalue weighted by molar-refractivity contribution is 7.99. The number of thioether (sulfide) groups is 1. The highest BCUT2D eigenvalue weighted by Gasteiger charge is 2.36. The number of hydrogen-bond donors (Lipinski definition) is 2. The van der Waals surface area contributed by atoms with E-state index in [4.69, 9.17) is 5.10 Å². The molecule has 3 aliphatic rings. The first-order chi connectivity index (χ1) is 21.5. The van der Waals surface area contributed by atoms with Gasteiger partial charge in [-0.2, -0.15) is 22.6 Å². The lowest BCUT2D eigenvalue weighted by molar-refractivity contribution is -0.139. The van der Waals surface area contributed by atoms with Gasteiger partial charge in [0, 0.05) is 73.2 Å². The average molecular weight is 692 g/mol. The zero-order chi connectivity index (χ0) is 33.4. The number of fused-ring (bicyclic) bond motifs is 1. The molecule has 15 heteroatoms. The Hall–Kier alpha value is -1.75. The second-order valence-electron chi connectivity index (χ2n) is 13.4. The molecule has 0 bridgehead atoms. The van der Waals surface area contributed by atoms with E-state index in [1.54, 1.807) is 4.68 Å². The number of hydrogen-bond acceptors (Lipinski definition) is 8. The van der Waals surface area contributed by atoms with Crippen LogP contribution in [-0.4, -0.2) is 118 Å². The molecular weight excluding hydrogens is 646 g/mol. The van der Waals surface area contributed by atoms with E-state index in [-0.39, 0.29) is 37.0 Å². The lowest BCUT2D eigenvalue weighted by Gasteiger charge is -2.38. The number of halogens is 4. The lowest BCUT2D eigenvalue weighted by atomic mass is 9.83. The fraction of sp³-hybridized carbons (Fsp3) is 0.710. The van der Waals surface area contributed by atoms with Crippen LogP contribution in [-0.2, 0) is 35.7 Å². The van der Waals surface area contributed by atoms with Gasteiger partial charge >= 0.3 is 6.18 Å². The number of β-amino-alcohol motifs (C(OH)–C–C–N with tert-alkyl or cyclic N) is 1. The Kier molecular flexibility index (Phi) is 10.8. The van der Waals surface area contributed by atoms with Crippen molar-refractivity contribution in [1.29, 1.82) is 0 Å². The molecule has 3 aliphatic heterocycles. The van der Waals surface area contributed by atoms with Gasteiger partial charge in [0.25, 0.3) is 0 Å². The lowest BCUT2D eigenvalue weighted by Crippen LogP contribution is -2.45. The largest absolute Gasteiger partial charge is 0.417 e. The minimum atomic E-state index is -4.57. The minimum absolute atomic E-state index is 0.0346. The summed E-state index contributed by atoms with van der Waals surface area (Å²) in [6.45, 7) is 7.30. The van der Waals surface area contributed by atoms with Crippen LogP contribution in [0.5, 0.6) is 0 Å². The molecule has 1 aromatic heterocycles. The van der Waals surface area contributed by atoms with Crippen molar-refractivity contribution in [2.45, 2.75) is 81.6 Å². The third-order valence-electron chi connectivity index (χ3n) is 9.45. The van der Waals surface area contributed by atoms with E-state index in [1.165, 1.54) is 16.4 Å². The molecule has 46 heavy (non-hydrogen) atoms. The number of benzene rings is 1. The molecule has 2 atom stereocenters. The highest BCUT2D eigenvalue weighted by atomic mass is 32.2. The van der Waals surface area contributed by atoms with Crippen LogP contribution in [0.25, 0.3) is 11.3 Å². The molecule has 0 spiro atoms. The first-order valence-electron chi connectivity index (χ1n) is 15.9. The number of nitrogens with zero attached hydrogens (tertiary/aromatic N) is 5. The van der Waals surface area contributed by atoms with Crippen molar-refractivity contribution in [3.05, 3.63) is 35.0 Å². The van der Waals surface area contributed by atoms with Gasteiger partial charge in [0.15, 0.2) is 0 Å². The van der Waals surface area contributed by atoms with Crippen LogP contribution >= 0.6 is 11.8 Å². The van der Waals surface area contributed by atoms with E-state index in [1.807, 2.05) is 18.7 Å². The van der Waals surface area contributed by atoms with Gasteiger partial charge in [0.2, 0.25) is 10.0 Å². The maximum Gasteiger partial charge on any atom is 0.417 e. The van der Waals surface area contributed by atoms with E-state index in [0.717, 1.165) is 55.7 Å². The number of alkyl halides is 4. The smallest absolute Gasteiger partial charge is 0.390 e. The first kappa shape index (κ1) is 35.6. The summed E-state index contributed by atoms with van der Waals surface area (Å²) in [5.74, 6) is 0.543. The third kappa shape index (κ3) is 8.63. The van der Waals surface area contributed by atoms with Crippen LogP contribution in [0.2, 0.25) is 0 Å². The number of likely N-dealkylation sites (tertiary alicyclic amines) is 2. The van der Waals surface area contributed by atoms with Crippen molar-refractivity contribution in [1.82, 2.24) is 23.9 Å². The number of rotatable bonds is 11. The summed E-state index contributed by atoms with van der Waals surface area (Å²) in [6, 6.07) is 3.88. The molecule has 4 heterocycles. The molecule has 0 unspecified atom stereocenters. The van der Waals surface area contributed by atoms with E-state index in [9.17, 15) is 36.2 Å². The SMILES string of the molecule is CC(C)(O)C1CCN(C[C@H](O)Cn2nc(-c3ccc(C(F)(F)F)c(SCCN4CC[C@H](F)C4)c3)c3c2CCN(S(C)(=O)=O)C3)CC1. The Morgan fingerprint density at radius 3 is 2.37 bits per heavy atom. The molecule has 2 aromatic rings. The van der Waals surface area contributed by atoms with Crippen LogP contribution < -0.4 is 0 Å². The molecule has 5 rings (SSSR count). The predicted molar refractivity (Wildman–Crippen MR) is 170 cm³/mol. The standard InChI is InChI=1S/C31H45F4N5O4S2/c1-30(2,42)22-6-10-37(11-7-22)18-24(41)19-40-27-9-13-39(46(3,43)44)20-25(27)29(36-40)21-4-5-26(31(33,34)35)28(16-21)45-15-14-38-12-8-23(32)17-38/h4-5,16,22-24,41-42H,6-15,17-20H2,1-3H3/t23-,24-/m0/s1. The number of aliphatic hydroxyl groups is 2. The fourth-order valence-electron chi connectivity index (χ4n) is 6.81. The third-order valence-corrected chi connectivity index (χ3v) is 11.7. The molecule has 2 fully saturated rings. The quantitative estimate of drug-likeness (QED) is 0.271. The zero-order valence-electron chi connectivity index (χ0n) is 26.6. The first-order valence-corrected chi connectivity index (χ1v) is 18.7. The van der Waals surface area contributed by atoms with Crippen LogP contribution in [0, 0.1) is 5.92 Å². The number of piperidine rings is 1. The van der Waals surface area contributed by atoms with E-state index in [0.29, 0.717) is 55.0 Å². The second-order valence-corrected chi connectivity index (χ2v) is 16.5. The summed E-state index contributed by atoms with van der Waals surface area (Å²) in [6.07, 6.45) is -2.70. The summed E-state index contributed by atoms with van der Waals surface area (Å²) in [7, 11) is -3.54. The van der Waals surface area contributed by atoms with Gasteiger partial charge in [-0.3, -0.25) is 9.58 Å². The molecule has 0 saturated carbocycles. The van der Waals surface area contributed by atoms with Crippen molar-refractivity contribution in [2.75, 3.05) is 57.8 Å². The zero-order valence-corrected chi connectivity index (χ0v) is 28.3. The van der Waals surface area contributed by atoms with Gasteiger partial charge < -0.3 is 15.1 Å². The summed E-state index contributed by atoms with van der Waals surface area (Å²) in [5.41, 5.74) is 0.709. The highest BCUT2D eigenvalue weighted by Crippen LogP contribution is 2.40. The molecule has 258 valence electrons. The van der Waals surface area contributed by atoms with Gasteiger partial charge in [-0.15, -0.1) is 11.8 Å². The van der Waals surface area contributed by atoms with Gasteiger partial charge in [-0.25, -0.2) is 12.8 Å². The topological polar surface area (TPSA) is 102 Å². The predicted octanol–water partition coefficient (Wildman–Crippen LogP) is 3.87. The number of aliphatic hydroxyl groups excluding tert-OH is 1. The monoisotopic (exact) mass is 691 g/mol. The molecule has 1 aromatic carbocycles. The number of sulfonamides is 1. The van der Waals surface area contributed by atoms with Crippen LogP contribution in [0.3, 0.4) is 0 Å². The summed E-state index contributed by atoms with van der Waals surface area (Å²) in [4.78, 5) is 4.10. The van der Waals surface area contributed by atoms with Crippen molar-refractivity contribution >= 4 is 21.8 Å². The molecule has 9 nitrogen and oxygen atoms in total. The van der Waals surface area contributed by atoms with Crippen molar-refractivity contribution in [2.24, 2.45) is 5.92 Å². The Morgan fingerprint density at radius 2 is 1.76 bits per heavy atom. The van der Waals surface area contributed by atoms with Gasteiger partial charge in [-0.1, -0.05) is 6.07 Å².